The van der Waals surface area contributed by atoms with Gasteiger partial charge in [0.05, 0.1) is 0 Å². The second-order valence-electron chi connectivity index (χ2n) is 0. The van der Waals surface area contributed by atoms with Crippen molar-refractivity contribution in [3.63, 3.8) is 0 Å². The van der Waals surface area contributed by atoms with Gasteiger partial charge in [-0.1, -0.05) is 0 Å². The quantitative estimate of drug-likeness (QED) is 0.290. The van der Waals surface area contributed by atoms with E-state index in [9.17, 15) is 0 Å². The van der Waals surface area contributed by atoms with Crippen LogP contribution in [0.4, 0.5) is 0 Å². The third-order valence-electron chi connectivity index (χ3n) is 0. The molecule has 0 aliphatic carbocycles. The predicted molar refractivity (Wildman–Crippen MR) is 3.34 cm³/mol. The molecule has 0 unspecified atom stereocenters. The minimum Gasteiger partial charge on any atom is -1.00 e. The molecule has 0 spiro atoms. The summed E-state index contributed by atoms with van der Waals surface area (Å²) in [6.07, 6.45) is 0. The molecule has 0 aliphatic rings. The predicted octanol–water partition coefficient (Wildman–Crippen LogP) is -8.65. The topological polar surface area (TPSA) is 0 Å². The van der Waals surface area contributed by atoms with Crippen LogP contribution >= 0.6 is 0 Å². The molecule has 0 saturated carbocycles. The van der Waals surface area contributed by atoms with Crippen molar-refractivity contribution < 1.29 is 110 Å². The molecule has 0 aliphatic heterocycles. The molecule has 0 aromatic carbocycles. The molecule has 0 aromatic heterocycles. The van der Waals surface area contributed by atoms with E-state index in [4.69, 9.17) is 0 Å². The molecule has 0 aromatic rings. The van der Waals surface area contributed by atoms with Crippen LogP contribution < -0.4 is 88.7 Å². The summed E-state index contributed by atoms with van der Waals surface area (Å²) in [5.74, 6) is 0. The first kappa shape index (κ1) is 25.8. The Balaban J connectivity index is 0. The standard InChI is InChI=1S/Cu.3Na.3H/q;3*+1;3*-1. The fraction of sp³-hybridized carbons (Fsp3) is 0. The Morgan fingerprint density at radius 2 is 0.750 bits per heavy atom. The van der Waals surface area contributed by atoms with E-state index in [1.54, 1.807) is 0 Å². The zero-order chi connectivity index (χ0) is 0. The number of hydrogen-bond donors (Lipinski definition) is 0. The van der Waals surface area contributed by atoms with E-state index >= 15 is 0 Å². The van der Waals surface area contributed by atoms with Crippen molar-refractivity contribution in [2.24, 2.45) is 0 Å². The smallest absolute Gasteiger partial charge is 1.00 e. The largest absolute Gasteiger partial charge is 1.00 e. The van der Waals surface area contributed by atoms with E-state index < -0.39 is 0 Å². The van der Waals surface area contributed by atoms with Crippen molar-refractivity contribution in [1.82, 2.24) is 0 Å². The van der Waals surface area contributed by atoms with Gasteiger partial charge in [0, 0.05) is 17.1 Å². The van der Waals surface area contributed by atoms with Crippen molar-refractivity contribution in [2.75, 3.05) is 0 Å². The molecule has 4 heteroatoms. The summed E-state index contributed by atoms with van der Waals surface area (Å²) in [6.45, 7) is 0. The van der Waals surface area contributed by atoms with E-state index in [0.717, 1.165) is 0 Å². The van der Waals surface area contributed by atoms with E-state index in [1.807, 2.05) is 0 Å². The van der Waals surface area contributed by atoms with Gasteiger partial charge in [-0.05, 0) is 0 Å². The Bertz CT molecular complexity index is 10.1. The summed E-state index contributed by atoms with van der Waals surface area (Å²) in [5, 5.41) is 0. The molecule has 0 rings (SSSR count). The summed E-state index contributed by atoms with van der Waals surface area (Å²) < 4.78 is 0. The third-order valence-corrected chi connectivity index (χ3v) is 0. The molecule has 0 atom stereocenters. The summed E-state index contributed by atoms with van der Waals surface area (Å²) in [4.78, 5) is 0. The molecular weight excluding hydrogens is 133 g/mol. The molecule has 0 bridgehead atoms. The fourth-order valence-corrected chi connectivity index (χ4v) is 0. The Morgan fingerprint density at radius 1 is 0.750 bits per heavy atom. The molecule has 0 fully saturated rings. The van der Waals surface area contributed by atoms with Crippen LogP contribution in [0.15, 0.2) is 0 Å². The third kappa shape index (κ3) is 9.10. The van der Waals surface area contributed by atoms with Gasteiger partial charge in [0.15, 0.2) is 0 Å². The molecule has 4 heavy (non-hydrogen) atoms. The van der Waals surface area contributed by atoms with Crippen LogP contribution in [0, 0.1) is 0 Å². The zero-order valence-electron chi connectivity index (χ0n) is 6.30. The molecule has 0 saturated heterocycles. The van der Waals surface area contributed by atoms with Crippen molar-refractivity contribution in [3.05, 3.63) is 0 Å². The van der Waals surface area contributed by atoms with Crippen LogP contribution in [0.1, 0.15) is 4.28 Å². The van der Waals surface area contributed by atoms with Crippen LogP contribution in [0.3, 0.4) is 0 Å². The van der Waals surface area contributed by atoms with Gasteiger partial charge >= 0.3 is 88.7 Å². The molecular formula is H3CuNa3. The first-order valence-corrected chi connectivity index (χ1v) is 0. The summed E-state index contributed by atoms with van der Waals surface area (Å²) in [7, 11) is 0. The zero-order valence-corrected chi connectivity index (χ0v) is 10.2. The summed E-state index contributed by atoms with van der Waals surface area (Å²) in [6, 6.07) is 0. The van der Waals surface area contributed by atoms with E-state index in [-0.39, 0.29) is 110 Å². The van der Waals surface area contributed by atoms with E-state index in [1.165, 1.54) is 0 Å². The van der Waals surface area contributed by atoms with Gasteiger partial charge in [-0.2, -0.15) is 0 Å². The second-order valence-corrected chi connectivity index (χ2v) is 0. The number of hydrogen-bond acceptors (Lipinski definition) is 0. The Kier molecular flexibility index (Phi) is 103. The van der Waals surface area contributed by atoms with Crippen LogP contribution in [-0.2, 0) is 17.1 Å². The minimum absolute atomic E-state index is 0. The maximum Gasteiger partial charge on any atom is 1.00 e. The van der Waals surface area contributed by atoms with Crippen molar-refractivity contribution in [2.45, 2.75) is 0 Å². The van der Waals surface area contributed by atoms with Gasteiger partial charge in [0.1, 0.15) is 0 Å². The average Bonchev–Trinajstić information content (AvgIpc) is 0. The van der Waals surface area contributed by atoms with Crippen molar-refractivity contribution >= 4 is 0 Å². The SMILES string of the molecule is [Cu].[H-].[H-].[H-].[Na+].[Na+].[Na+]. The minimum atomic E-state index is 0. The first-order chi connectivity index (χ1) is 0. The van der Waals surface area contributed by atoms with Gasteiger partial charge in [-0.15, -0.1) is 0 Å². The maximum absolute atomic E-state index is 0. The molecule has 17 valence electrons. The summed E-state index contributed by atoms with van der Waals surface area (Å²) in [5.41, 5.74) is 0. The summed E-state index contributed by atoms with van der Waals surface area (Å²) >= 11 is 0. The van der Waals surface area contributed by atoms with Crippen LogP contribution in [0.25, 0.3) is 0 Å². The van der Waals surface area contributed by atoms with E-state index in [0.29, 0.717) is 0 Å². The normalized spacial score (nSPS) is 0. The molecule has 1 radical (unpaired) electrons. The van der Waals surface area contributed by atoms with Crippen LogP contribution in [0.5, 0.6) is 0 Å². The maximum atomic E-state index is 0. The average molecular weight is 136 g/mol. The monoisotopic (exact) mass is 135 g/mol. The Labute approximate surface area is 108 Å². The van der Waals surface area contributed by atoms with Crippen LogP contribution in [-0.4, -0.2) is 0 Å². The van der Waals surface area contributed by atoms with Gasteiger partial charge < -0.3 is 4.28 Å². The molecule has 0 amide bonds. The van der Waals surface area contributed by atoms with Crippen molar-refractivity contribution in [3.8, 4) is 0 Å². The first-order valence-electron chi connectivity index (χ1n) is 0. The molecule has 0 nitrogen and oxygen atoms in total. The van der Waals surface area contributed by atoms with Gasteiger partial charge in [0.25, 0.3) is 0 Å². The van der Waals surface area contributed by atoms with Crippen molar-refractivity contribution in [1.29, 1.82) is 0 Å². The van der Waals surface area contributed by atoms with Gasteiger partial charge in [-0.3, -0.25) is 0 Å². The van der Waals surface area contributed by atoms with Gasteiger partial charge in [-0.25, -0.2) is 0 Å². The van der Waals surface area contributed by atoms with Crippen LogP contribution in [0.2, 0.25) is 0 Å². The molecule has 0 N–H and O–H groups in total. The Hall–Kier alpha value is 3.52. The van der Waals surface area contributed by atoms with Gasteiger partial charge in [0.2, 0.25) is 0 Å². The second kappa shape index (κ2) is 16.0. The fourth-order valence-electron chi connectivity index (χ4n) is 0. The molecule has 0 heterocycles. The van der Waals surface area contributed by atoms with E-state index in [2.05, 4.69) is 0 Å². The Morgan fingerprint density at radius 3 is 0.750 bits per heavy atom. The number of rotatable bonds is 0.